The lowest BCUT2D eigenvalue weighted by Gasteiger charge is -2.21. The van der Waals surface area contributed by atoms with E-state index in [0.29, 0.717) is 18.5 Å². The fourth-order valence-corrected chi connectivity index (χ4v) is 2.22. The monoisotopic (exact) mass is 293 g/mol. The Morgan fingerprint density at radius 3 is 2.86 bits per heavy atom. The van der Waals surface area contributed by atoms with Gasteiger partial charge in [0.05, 0.1) is 11.7 Å². The Balaban J connectivity index is 2.19. The summed E-state index contributed by atoms with van der Waals surface area (Å²) >= 11 is 0. The molecular formula is C15H20FN3O2. The standard InChI is InChI=1S/C15H20FN3O2/c1-3-8(2)14(17)15(21)19-12-7-11-9(6-10(12)16)4-5-13(20)18-11/h6-8,14H,3-5,17H2,1-2H3,(H,18,20)(H,19,21)/t8?,14-/m0/s1. The average Bonchev–Trinajstić information content (AvgIpc) is 2.46. The van der Waals surface area contributed by atoms with Crippen LogP contribution in [0.3, 0.4) is 0 Å². The van der Waals surface area contributed by atoms with E-state index in [1.807, 2.05) is 13.8 Å². The molecule has 0 spiro atoms. The second-order valence-electron chi connectivity index (χ2n) is 5.44. The molecule has 21 heavy (non-hydrogen) atoms. The van der Waals surface area contributed by atoms with E-state index in [2.05, 4.69) is 10.6 Å². The summed E-state index contributed by atoms with van der Waals surface area (Å²) in [5.74, 6) is -1.05. The number of halogens is 1. The van der Waals surface area contributed by atoms with Crippen molar-refractivity contribution < 1.29 is 14.0 Å². The van der Waals surface area contributed by atoms with Crippen molar-refractivity contribution in [2.24, 2.45) is 11.7 Å². The third-order valence-electron chi connectivity index (χ3n) is 3.91. The van der Waals surface area contributed by atoms with Gasteiger partial charge in [-0.15, -0.1) is 0 Å². The highest BCUT2D eigenvalue weighted by molar-refractivity contribution is 5.98. The quantitative estimate of drug-likeness (QED) is 0.794. The molecule has 1 aliphatic rings. The van der Waals surface area contributed by atoms with E-state index in [4.69, 9.17) is 5.73 Å². The van der Waals surface area contributed by atoms with Gasteiger partial charge >= 0.3 is 0 Å². The second kappa shape index (κ2) is 6.22. The van der Waals surface area contributed by atoms with Gasteiger partial charge in [-0.05, 0) is 30.0 Å². The predicted octanol–water partition coefficient (Wildman–Crippen LogP) is 2.02. The van der Waals surface area contributed by atoms with Crippen LogP contribution in [0.4, 0.5) is 15.8 Å². The van der Waals surface area contributed by atoms with Gasteiger partial charge in [0.25, 0.3) is 0 Å². The number of rotatable bonds is 4. The minimum Gasteiger partial charge on any atom is -0.326 e. The first-order valence-corrected chi connectivity index (χ1v) is 7.11. The number of aryl methyl sites for hydroxylation is 1. The van der Waals surface area contributed by atoms with Crippen molar-refractivity contribution in [2.75, 3.05) is 10.6 Å². The molecule has 0 saturated carbocycles. The molecule has 1 heterocycles. The summed E-state index contributed by atoms with van der Waals surface area (Å²) in [5, 5.41) is 5.18. The molecule has 6 heteroatoms. The van der Waals surface area contributed by atoms with Crippen LogP contribution in [0.5, 0.6) is 0 Å². The summed E-state index contributed by atoms with van der Waals surface area (Å²) in [6.07, 6.45) is 1.60. The van der Waals surface area contributed by atoms with Crippen LogP contribution < -0.4 is 16.4 Å². The van der Waals surface area contributed by atoms with E-state index in [1.165, 1.54) is 12.1 Å². The van der Waals surface area contributed by atoms with E-state index >= 15 is 0 Å². The number of fused-ring (bicyclic) bond motifs is 1. The van der Waals surface area contributed by atoms with Crippen molar-refractivity contribution >= 4 is 23.2 Å². The van der Waals surface area contributed by atoms with Crippen molar-refractivity contribution in [1.82, 2.24) is 0 Å². The van der Waals surface area contributed by atoms with E-state index in [9.17, 15) is 14.0 Å². The van der Waals surface area contributed by atoms with Gasteiger partial charge in [-0.2, -0.15) is 0 Å². The first kappa shape index (κ1) is 15.4. The first-order chi connectivity index (χ1) is 9.92. The molecule has 114 valence electrons. The van der Waals surface area contributed by atoms with Crippen molar-refractivity contribution in [3.05, 3.63) is 23.5 Å². The molecule has 1 aliphatic heterocycles. The van der Waals surface area contributed by atoms with Crippen LogP contribution in [0.1, 0.15) is 32.3 Å². The Kier molecular flexibility index (Phi) is 4.57. The van der Waals surface area contributed by atoms with Gasteiger partial charge in [-0.25, -0.2) is 4.39 Å². The zero-order valence-corrected chi connectivity index (χ0v) is 12.2. The van der Waals surface area contributed by atoms with Gasteiger partial charge in [-0.1, -0.05) is 20.3 Å². The summed E-state index contributed by atoms with van der Waals surface area (Å²) in [6.45, 7) is 3.81. The highest BCUT2D eigenvalue weighted by atomic mass is 19.1. The lowest BCUT2D eigenvalue weighted by Crippen LogP contribution is -2.40. The molecule has 0 aromatic heterocycles. The van der Waals surface area contributed by atoms with Gasteiger partial charge in [-0.3, -0.25) is 9.59 Å². The van der Waals surface area contributed by atoms with Crippen molar-refractivity contribution in [3.8, 4) is 0 Å². The van der Waals surface area contributed by atoms with Gasteiger partial charge in [0.15, 0.2) is 0 Å². The molecule has 0 aliphatic carbocycles. The normalized spacial score (nSPS) is 16.7. The number of anilines is 2. The maximum absolute atomic E-state index is 14.0. The summed E-state index contributed by atoms with van der Waals surface area (Å²) in [7, 11) is 0. The Labute approximate surface area is 123 Å². The van der Waals surface area contributed by atoms with E-state index in [-0.39, 0.29) is 17.5 Å². The molecular weight excluding hydrogens is 273 g/mol. The summed E-state index contributed by atoms with van der Waals surface area (Å²) in [5.41, 5.74) is 7.14. The smallest absolute Gasteiger partial charge is 0.241 e. The number of benzene rings is 1. The highest BCUT2D eigenvalue weighted by Gasteiger charge is 2.22. The van der Waals surface area contributed by atoms with Crippen LogP contribution in [0.25, 0.3) is 0 Å². The number of hydrogen-bond donors (Lipinski definition) is 3. The number of amides is 2. The fourth-order valence-electron chi connectivity index (χ4n) is 2.22. The number of hydrogen-bond acceptors (Lipinski definition) is 3. The summed E-state index contributed by atoms with van der Waals surface area (Å²) in [6, 6.07) is 2.10. The van der Waals surface area contributed by atoms with E-state index in [0.717, 1.165) is 12.0 Å². The number of carbonyl (C=O) groups excluding carboxylic acids is 2. The van der Waals surface area contributed by atoms with Crippen LogP contribution in [0.2, 0.25) is 0 Å². The largest absolute Gasteiger partial charge is 0.326 e. The van der Waals surface area contributed by atoms with Gasteiger partial charge in [0.2, 0.25) is 11.8 Å². The van der Waals surface area contributed by atoms with Crippen molar-refractivity contribution in [3.63, 3.8) is 0 Å². The van der Waals surface area contributed by atoms with E-state index in [1.54, 1.807) is 0 Å². The molecule has 2 amide bonds. The Hall–Kier alpha value is -1.95. The Morgan fingerprint density at radius 1 is 1.48 bits per heavy atom. The lowest BCUT2D eigenvalue weighted by molar-refractivity contribution is -0.118. The van der Waals surface area contributed by atoms with E-state index < -0.39 is 17.8 Å². The molecule has 1 aromatic rings. The summed E-state index contributed by atoms with van der Waals surface area (Å²) in [4.78, 5) is 23.4. The van der Waals surface area contributed by atoms with Crippen molar-refractivity contribution in [1.29, 1.82) is 0 Å². The topological polar surface area (TPSA) is 84.2 Å². The van der Waals surface area contributed by atoms with Crippen LogP contribution in [0.15, 0.2) is 12.1 Å². The molecule has 0 fully saturated rings. The third kappa shape index (κ3) is 3.39. The Morgan fingerprint density at radius 2 is 2.19 bits per heavy atom. The molecule has 1 unspecified atom stereocenters. The minimum atomic E-state index is -0.694. The minimum absolute atomic E-state index is 0.00499. The predicted molar refractivity (Wildman–Crippen MR) is 79.4 cm³/mol. The molecule has 0 bridgehead atoms. The average molecular weight is 293 g/mol. The number of nitrogens with one attached hydrogen (secondary N) is 2. The van der Waals surface area contributed by atoms with Crippen LogP contribution >= 0.6 is 0 Å². The zero-order chi connectivity index (χ0) is 15.6. The Bertz CT molecular complexity index is 574. The van der Waals surface area contributed by atoms with Crippen molar-refractivity contribution in [2.45, 2.75) is 39.2 Å². The van der Waals surface area contributed by atoms with Gasteiger partial charge in [0.1, 0.15) is 5.82 Å². The molecule has 0 radical (unpaired) electrons. The third-order valence-corrected chi connectivity index (χ3v) is 3.91. The maximum Gasteiger partial charge on any atom is 0.241 e. The fraction of sp³-hybridized carbons (Fsp3) is 0.467. The maximum atomic E-state index is 14.0. The summed E-state index contributed by atoms with van der Waals surface area (Å²) < 4.78 is 14.0. The first-order valence-electron chi connectivity index (χ1n) is 7.11. The van der Waals surface area contributed by atoms with Crippen LogP contribution in [-0.4, -0.2) is 17.9 Å². The highest BCUT2D eigenvalue weighted by Crippen LogP contribution is 2.28. The lowest BCUT2D eigenvalue weighted by atomic mass is 9.99. The number of carbonyl (C=O) groups is 2. The molecule has 2 rings (SSSR count). The molecule has 2 atom stereocenters. The molecule has 5 nitrogen and oxygen atoms in total. The SMILES string of the molecule is CCC(C)[C@H](N)C(=O)Nc1cc2c(cc1F)CCC(=O)N2. The molecule has 0 saturated heterocycles. The molecule has 1 aromatic carbocycles. The van der Waals surface area contributed by atoms with Gasteiger partial charge in [0, 0.05) is 12.1 Å². The second-order valence-corrected chi connectivity index (χ2v) is 5.44. The zero-order valence-electron chi connectivity index (χ0n) is 12.2. The van der Waals surface area contributed by atoms with Crippen LogP contribution in [-0.2, 0) is 16.0 Å². The number of nitrogens with two attached hydrogens (primary N) is 1. The molecule has 4 N–H and O–H groups in total. The van der Waals surface area contributed by atoms with Gasteiger partial charge < -0.3 is 16.4 Å². The van der Waals surface area contributed by atoms with Crippen LogP contribution in [0, 0.1) is 11.7 Å².